The lowest BCUT2D eigenvalue weighted by molar-refractivity contribution is -0.137. The molecule has 2 N–H and O–H groups in total. The minimum absolute atomic E-state index is 0.145. The number of carbonyl (C=O) groups excluding carboxylic acids is 1. The minimum Gasteiger partial charge on any atom is -0.480 e. The monoisotopic (exact) mass is 290 g/mol. The molecule has 1 aromatic rings. The lowest BCUT2D eigenvalue weighted by atomic mass is 9.92. The van der Waals surface area contributed by atoms with E-state index >= 15 is 0 Å². The highest BCUT2D eigenvalue weighted by Crippen LogP contribution is 2.28. The predicted molar refractivity (Wildman–Crippen MR) is 81.4 cm³/mol. The van der Waals surface area contributed by atoms with Crippen LogP contribution in [-0.4, -0.2) is 35.6 Å². The smallest absolute Gasteiger partial charge is 0.323 e. The van der Waals surface area contributed by atoms with Gasteiger partial charge >= 0.3 is 5.97 Å². The Hall–Kier alpha value is -1.88. The third kappa shape index (κ3) is 3.24. The third-order valence-corrected chi connectivity index (χ3v) is 4.14. The molecule has 114 valence electrons. The predicted octanol–water partition coefficient (Wildman–Crippen LogP) is 1.94. The molecular formula is C16H22N2O3. The van der Waals surface area contributed by atoms with E-state index < -0.39 is 11.5 Å². The summed E-state index contributed by atoms with van der Waals surface area (Å²) >= 11 is 0. The van der Waals surface area contributed by atoms with Crippen molar-refractivity contribution in [3.8, 4) is 0 Å². The Morgan fingerprint density at radius 1 is 1.33 bits per heavy atom. The molecule has 1 fully saturated rings. The zero-order chi connectivity index (χ0) is 15.5. The maximum atomic E-state index is 12.9. The van der Waals surface area contributed by atoms with Gasteiger partial charge in [0, 0.05) is 5.69 Å². The molecule has 2 rings (SSSR count). The van der Waals surface area contributed by atoms with E-state index in [1.54, 1.807) is 12.1 Å². The molecule has 0 aromatic heterocycles. The number of anilines is 1. The van der Waals surface area contributed by atoms with E-state index in [0.717, 1.165) is 24.9 Å². The maximum Gasteiger partial charge on any atom is 0.323 e. The number of nitrogens with one attached hydrogen (secondary N) is 1. The highest BCUT2D eigenvalue weighted by Gasteiger charge is 2.42. The first-order valence-electron chi connectivity index (χ1n) is 7.34. The molecule has 1 saturated heterocycles. The van der Waals surface area contributed by atoms with Crippen LogP contribution in [0.15, 0.2) is 24.3 Å². The number of rotatable bonds is 5. The summed E-state index contributed by atoms with van der Waals surface area (Å²) in [5, 5.41) is 12.4. The van der Waals surface area contributed by atoms with E-state index in [2.05, 4.69) is 5.32 Å². The SMILES string of the molecule is CCC1(C(=O)N(CC(=O)O)c2ccc(C)cc2)CCCN1. The Morgan fingerprint density at radius 3 is 2.48 bits per heavy atom. The molecule has 1 amide bonds. The maximum absolute atomic E-state index is 12.9. The first-order valence-corrected chi connectivity index (χ1v) is 7.34. The molecular weight excluding hydrogens is 268 g/mol. The molecule has 1 unspecified atom stereocenters. The topological polar surface area (TPSA) is 69.6 Å². The lowest BCUT2D eigenvalue weighted by Crippen LogP contribution is -2.55. The molecule has 0 radical (unpaired) electrons. The van der Waals surface area contributed by atoms with Crippen molar-refractivity contribution in [1.29, 1.82) is 0 Å². The number of carboxylic acids is 1. The first-order chi connectivity index (χ1) is 9.98. The van der Waals surface area contributed by atoms with E-state index in [1.807, 2.05) is 26.0 Å². The summed E-state index contributed by atoms with van der Waals surface area (Å²) in [6.07, 6.45) is 2.35. The largest absolute Gasteiger partial charge is 0.480 e. The summed E-state index contributed by atoms with van der Waals surface area (Å²) in [5.41, 5.74) is 1.08. The number of carbonyl (C=O) groups is 2. The third-order valence-electron chi connectivity index (χ3n) is 4.14. The number of aliphatic carboxylic acids is 1. The number of hydrogen-bond donors (Lipinski definition) is 2. The van der Waals surface area contributed by atoms with Gasteiger partial charge in [-0.25, -0.2) is 0 Å². The van der Waals surface area contributed by atoms with Gasteiger partial charge in [-0.1, -0.05) is 24.6 Å². The van der Waals surface area contributed by atoms with E-state index in [1.165, 1.54) is 4.90 Å². The summed E-state index contributed by atoms with van der Waals surface area (Å²) in [6.45, 7) is 4.41. The Morgan fingerprint density at radius 2 is 2.00 bits per heavy atom. The number of benzene rings is 1. The van der Waals surface area contributed by atoms with Crippen LogP contribution in [0.25, 0.3) is 0 Å². The fraction of sp³-hybridized carbons (Fsp3) is 0.500. The van der Waals surface area contributed by atoms with Crippen LogP contribution in [0.3, 0.4) is 0 Å². The average Bonchev–Trinajstić information content (AvgIpc) is 2.95. The zero-order valence-corrected chi connectivity index (χ0v) is 12.6. The Kier molecular flexibility index (Phi) is 4.63. The molecule has 5 heteroatoms. The van der Waals surface area contributed by atoms with Crippen LogP contribution < -0.4 is 10.2 Å². The molecule has 1 aromatic carbocycles. The quantitative estimate of drug-likeness (QED) is 0.869. The first kappa shape index (κ1) is 15.5. The summed E-state index contributed by atoms with van der Waals surface area (Å²) in [4.78, 5) is 25.4. The van der Waals surface area contributed by atoms with Gasteiger partial charge in [-0.3, -0.25) is 14.5 Å². The number of nitrogens with zero attached hydrogens (tertiary/aromatic N) is 1. The Balaban J connectivity index is 2.33. The van der Waals surface area contributed by atoms with Crippen LogP contribution in [0.1, 0.15) is 31.7 Å². The molecule has 1 aliphatic rings. The van der Waals surface area contributed by atoms with Gasteiger partial charge in [0.15, 0.2) is 0 Å². The van der Waals surface area contributed by atoms with Gasteiger partial charge in [-0.2, -0.15) is 0 Å². The summed E-state index contributed by atoms with van der Waals surface area (Å²) < 4.78 is 0. The number of amides is 1. The van der Waals surface area contributed by atoms with Gasteiger partial charge < -0.3 is 10.4 Å². The average molecular weight is 290 g/mol. The standard InChI is InChI=1S/C16H22N2O3/c1-3-16(9-4-10-17-16)15(21)18(11-14(19)20)13-7-5-12(2)6-8-13/h5-8,17H,3-4,9-11H2,1-2H3,(H,19,20). The van der Waals surface area contributed by atoms with Gasteiger partial charge in [0.25, 0.3) is 0 Å². The number of carboxylic acid groups (broad SMARTS) is 1. The Bertz CT molecular complexity index is 519. The molecule has 1 atom stereocenters. The van der Waals surface area contributed by atoms with Gasteiger partial charge in [0.2, 0.25) is 5.91 Å². The highest BCUT2D eigenvalue weighted by molar-refractivity contribution is 6.03. The van der Waals surface area contributed by atoms with Crippen molar-refractivity contribution >= 4 is 17.6 Å². The van der Waals surface area contributed by atoms with Crippen molar-refractivity contribution < 1.29 is 14.7 Å². The molecule has 5 nitrogen and oxygen atoms in total. The van der Waals surface area contributed by atoms with Crippen molar-refractivity contribution in [2.75, 3.05) is 18.0 Å². The van der Waals surface area contributed by atoms with Crippen molar-refractivity contribution in [2.45, 2.75) is 38.6 Å². The summed E-state index contributed by atoms with van der Waals surface area (Å²) in [5.74, 6) is -1.15. The molecule has 0 saturated carbocycles. The molecule has 1 heterocycles. The fourth-order valence-electron chi connectivity index (χ4n) is 2.84. The Labute approximate surface area is 125 Å². The van der Waals surface area contributed by atoms with Crippen LogP contribution in [0.5, 0.6) is 0 Å². The van der Waals surface area contributed by atoms with Crippen molar-refractivity contribution in [1.82, 2.24) is 5.32 Å². The number of aryl methyl sites for hydroxylation is 1. The van der Waals surface area contributed by atoms with Gasteiger partial charge in [-0.05, 0) is 44.9 Å². The van der Waals surface area contributed by atoms with Crippen molar-refractivity contribution in [2.24, 2.45) is 0 Å². The highest BCUT2D eigenvalue weighted by atomic mass is 16.4. The van der Waals surface area contributed by atoms with Gasteiger partial charge in [0.05, 0.1) is 5.54 Å². The van der Waals surface area contributed by atoms with Gasteiger partial charge in [0.1, 0.15) is 6.54 Å². The van der Waals surface area contributed by atoms with Gasteiger partial charge in [-0.15, -0.1) is 0 Å². The molecule has 0 aliphatic carbocycles. The fourth-order valence-corrected chi connectivity index (χ4v) is 2.84. The normalized spacial score (nSPS) is 21.2. The molecule has 21 heavy (non-hydrogen) atoms. The lowest BCUT2D eigenvalue weighted by Gasteiger charge is -2.33. The van der Waals surface area contributed by atoms with Crippen LogP contribution >= 0.6 is 0 Å². The van der Waals surface area contributed by atoms with E-state index in [4.69, 9.17) is 5.11 Å². The second-order valence-electron chi connectivity index (χ2n) is 5.59. The summed E-state index contributed by atoms with van der Waals surface area (Å²) in [7, 11) is 0. The van der Waals surface area contributed by atoms with E-state index in [9.17, 15) is 9.59 Å². The van der Waals surface area contributed by atoms with Crippen molar-refractivity contribution in [3.63, 3.8) is 0 Å². The van der Waals surface area contributed by atoms with Crippen molar-refractivity contribution in [3.05, 3.63) is 29.8 Å². The van der Waals surface area contributed by atoms with Crippen LogP contribution in [-0.2, 0) is 9.59 Å². The molecule has 0 spiro atoms. The van der Waals surface area contributed by atoms with Crippen LogP contribution in [0.2, 0.25) is 0 Å². The van der Waals surface area contributed by atoms with Crippen LogP contribution in [0.4, 0.5) is 5.69 Å². The summed E-state index contributed by atoms with van der Waals surface area (Å²) in [6, 6.07) is 7.37. The second kappa shape index (κ2) is 6.26. The second-order valence-corrected chi connectivity index (χ2v) is 5.59. The van der Waals surface area contributed by atoms with E-state index in [0.29, 0.717) is 12.1 Å². The molecule has 1 aliphatic heterocycles. The molecule has 0 bridgehead atoms. The van der Waals surface area contributed by atoms with E-state index in [-0.39, 0.29) is 12.5 Å². The number of hydrogen-bond acceptors (Lipinski definition) is 3. The van der Waals surface area contributed by atoms with Crippen LogP contribution in [0, 0.1) is 6.92 Å². The zero-order valence-electron chi connectivity index (χ0n) is 12.6. The minimum atomic E-state index is -1.01.